The second-order valence-electron chi connectivity index (χ2n) is 3.99. The Bertz CT molecular complexity index is 794. The standard InChI is InChI=1S/C14H8BrN3O/c1-8-4-11(12(7-17)14(19)18-8)9-2-3-10(6-16)13(15)5-9/h2-5H,1H3,(H,18,19). The number of halogens is 1. The maximum absolute atomic E-state index is 11.7. The Labute approximate surface area is 118 Å². The summed E-state index contributed by atoms with van der Waals surface area (Å²) in [5.74, 6) is 0. The summed E-state index contributed by atoms with van der Waals surface area (Å²) >= 11 is 3.30. The largest absolute Gasteiger partial charge is 0.325 e. The molecule has 0 bridgehead atoms. The number of pyridine rings is 1. The third kappa shape index (κ3) is 2.42. The van der Waals surface area contributed by atoms with Crippen molar-refractivity contribution in [3.8, 4) is 23.3 Å². The topological polar surface area (TPSA) is 80.4 Å². The van der Waals surface area contributed by atoms with Gasteiger partial charge in [0.2, 0.25) is 0 Å². The van der Waals surface area contributed by atoms with E-state index in [9.17, 15) is 4.79 Å². The Morgan fingerprint density at radius 2 is 1.95 bits per heavy atom. The summed E-state index contributed by atoms with van der Waals surface area (Å²) in [6.45, 7) is 1.75. The van der Waals surface area contributed by atoms with Gasteiger partial charge < -0.3 is 4.98 Å². The first-order chi connectivity index (χ1) is 9.06. The zero-order valence-corrected chi connectivity index (χ0v) is 11.6. The first-order valence-electron chi connectivity index (χ1n) is 5.41. The number of aromatic nitrogens is 1. The van der Waals surface area contributed by atoms with Crippen LogP contribution in [0.2, 0.25) is 0 Å². The lowest BCUT2D eigenvalue weighted by Crippen LogP contribution is -2.12. The number of H-pyrrole nitrogens is 1. The van der Waals surface area contributed by atoms with E-state index in [1.54, 1.807) is 31.2 Å². The van der Waals surface area contributed by atoms with E-state index in [2.05, 4.69) is 20.9 Å². The van der Waals surface area contributed by atoms with Crippen LogP contribution >= 0.6 is 15.9 Å². The van der Waals surface area contributed by atoms with E-state index in [1.807, 2.05) is 12.1 Å². The molecule has 92 valence electrons. The SMILES string of the molecule is Cc1cc(-c2ccc(C#N)c(Br)c2)c(C#N)c(=O)[nH]1. The number of rotatable bonds is 1. The minimum atomic E-state index is -0.405. The molecule has 5 heteroatoms. The molecule has 1 heterocycles. The summed E-state index contributed by atoms with van der Waals surface area (Å²) in [4.78, 5) is 14.3. The van der Waals surface area contributed by atoms with Gasteiger partial charge in [-0.25, -0.2) is 0 Å². The van der Waals surface area contributed by atoms with E-state index in [0.717, 1.165) is 5.56 Å². The van der Waals surface area contributed by atoms with Crippen LogP contribution in [0, 0.1) is 29.6 Å². The monoisotopic (exact) mass is 313 g/mol. The average molecular weight is 314 g/mol. The maximum atomic E-state index is 11.7. The summed E-state index contributed by atoms with van der Waals surface area (Å²) in [6.07, 6.45) is 0. The molecule has 0 spiro atoms. The summed E-state index contributed by atoms with van der Waals surface area (Å²) < 4.78 is 0.634. The molecule has 0 saturated heterocycles. The second kappa shape index (κ2) is 5.09. The molecular formula is C14H8BrN3O. The summed E-state index contributed by atoms with van der Waals surface area (Å²) in [5.41, 5.74) is 2.13. The number of nitriles is 2. The molecule has 0 unspecified atom stereocenters. The number of nitrogens with zero attached hydrogens (tertiary/aromatic N) is 2. The second-order valence-corrected chi connectivity index (χ2v) is 4.84. The highest BCUT2D eigenvalue weighted by atomic mass is 79.9. The van der Waals surface area contributed by atoms with Crippen LogP contribution in [-0.2, 0) is 0 Å². The molecule has 0 amide bonds. The van der Waals surface area contributed by atoms with Gasteiger partial charge in [-0.1, -0.05) is 6.07 Å². The van der Waals surface area contributed by atoms with Crippen LogP contribution in [-0.4, -0.2) is 4.98 Å². The van der Waals surface area contributed by atoms with Crippen molar-refractivity contribution in [3.63, 3.8) is 0 Å². The van der Waals surface area contributed by atoms with Gasteiger partial charge in [0.1, 0.15) is 17.7 Å². The van der Waals surface area contributed by atoms with Crippen LogP contribution in [0.25, 0.3) is 11.1 Å². The van der Waals surface area contributed by atoms with E-state index in [1.165, 1.54) is 0 Å². The Hall–Kier alpha value is -2.37. The smallest absolute Gasteiger partial charge is 0.266 e. The normalized spacial score (nSPS) is 9.68. The van der Waals surface area contributed by atoms with Gasteiger partial charge in [-0.3, -0.25) is 4.79 Å². The zero-order chi connectivity index (χ0) is 14.0. The summed E-state index contributed by atoms with van der Waals surface area (Å²) in [5, 5.41) is 18.0. The lowest BCUT2D eigenvalue weighted by atomic mass is 10.00. The number of nitrogens with one attached hydrogen (secondary N) is 1. The molecule has 1 aromatic carbocycles. The summed E-state index contributed by atoms with van der Waals surface area (Å²) in [7, 11) is 0. The van der Waals surface area contributed by atoms with Gasteiger partial charge in [0.15, 0.2) is 0 Å². The van der Waals surface area contributed by atoms with Crippen molar-refractivity contribution < 1.29 is 0 Å². The van der Waals surface area contributed by atoms with Gasteiger partial charge in [-0.2, -0.15) is 10.5 Å². The van der Waals surface area contributed by atoms with Crippen LogP contribution in [0.15, 0.2) is 33.5 Å². The molecular weight excluding hydrogens is 306 g/mol. The third-order valence-corrected chi connectivity index (χ3v) is 3.34. The Morgan fingerprint density at radius 1 is 1.21 bits per heavy atom. The number of hydrogen-bond acceptors (Lipinski definition) is 3. The number of aryl methyl sites for hydroxylation is 1. The highest BCUT2D eigenvalue weighted by Gasteiger charge is 2.11. The lowest BCUT2D eigenvalue weighted by Gasteiger charge is -2.06. The van der Waals surface area contributed by atoms with Gasteiger partial charge in [-0.05, 0) is 46.6 Å². The molecule has 1 aromatic heterocycles. The van der Waals surface area contributed by atoms with E-state index < -0.39 is 5.56 Å². The molecule has 19 heavy (non-hydrogen) atoms. The van der Waals surface area contributed by atoms with Crippen LogP contribution in [0.4, 0.5) is 0 Å². The molecule has 4 nitrogen and oxygen atoms in total. The molecule has 0 saturated carbocycles. The zero-order valence-electron chi connectivity index (χ0n) is 9.99. The Morgan fingerprint density at radius 3 is 2.53 bits per heavy atom. The van der Waals surface area contributed by atoms with Gasteiger partial charge in [0, 0.05) is 15.7 Å². The molecule has 0 fully saturated rings. The predicted molar refractivity (Wildman–Crippen MR) is 74.4 cm³/mol. The van der Waals surface area contributed by atoms with Crippen LogP contribution < -0.4 is 5.56 Å². The summed E-state index contributed by atoms with van der Waals surface area (Å²) in [6, 6.07) is 10.8. The minimum Gasteiger partial charge on any atom is -0.325 e. The molecule has 0 aliphatic heterocycles. The fraction of sp³-hybridized carbons (Fsp3) is 0.0714. The van der Waals surface area contributed by atoms with Gasteiger partial charge >= 0.3 is 0 Å². The molecule has 0 radical (unpaired) electrons. The minimum absolute atomic E-state index is 0.0715. The van der Waals surface area contributed by atoms with Crippen LogP contribution in [0.3, 0.4) is 0 Å². The van der Waals surface area contributed by atoms with E-state index in [0.29, 0.717) is 21.3 Å². The highest BCUT2D eigenvalue weighted by molar-refractivity contribution is 9.10. The van der Waals surface area contributed by atoms with Crippen molar-refractivity contribution in [2.75, 3.05) is 0 Å². The van der Waals surface area contributed by atoms with Crippen molar-refractivity contribution in [1.29, 1.82) is 10.5 Å². The fourth-order valence-electron chi connectivity index (χ4n) is 1.80. The lowest BCUT2D eigenvalue weighted by molar-refractivity contribution is 1.13. The highest BCUT2D eigenvalue weighted by Crippen LogP contribution is 2.27. The van der Waals surface area contributed by atoms with Crippen LogP contribution in [0.5, 0.6) is 0 Å². The van der Waals surface area contributed by atoms with E-state index >= 15 is 0 Å². The molecule has 1 N–H and O–H groups in total. The Kier molecular flexibility index (Phi) is 3.50. The van der Waals surface area contributed by atoms with E-state index in [-0.39, 0.29) is 5.56 Å². The molecule has 2 aromatic rings. The first-order valence-corrected chi connectivity index (χ1v) is 6.20. The predicted octanol–water partition coefficient (Wildman–Crippen LogP) is 2.86. The molecule has 0 aliphatic rings. The van der Waals surface area contributed by atoms with Gasteiger partial charge in [0.25, 0.3) is 5.56 Å². The van der Waals surface area contributed by atoms with Crippen molar-refractivity contribution in [3.05, 3.63) is 55.9 Å². The van der Waals surface area contributed by atoms with Crippen molar-refractivity contribution in [2.45, 2.75) is 6.92 Å². The first kappa shape index (κ1) is 13.1. The molecule has 2 rings (SSSR count). The van der Waals surface area contributed by atoms with Crippen molar-refractivity contribution in [1.82, 2.24) is 4.98 Å². The van der Waals surface area contributed by atoms with Gasteiger partial charge in [-0.15, -0.1) is 0 Å². The Balaban J connectivity index is 2.73. The van der Waals surface area contributed by atoms with Crippen LogP contribution in [0.1, 0.15) is 16.8 Å². The maximum Gasteiger partial charge on any atom is 0.266 e. The third-order valence-electron chi connectivity index (χ3n) is 2.68. The van der Waals surface area contributed by atoms with E-state index in [4.69, 9.17) is 10.5 Å². The number of benzene rings is 1. The molecule has 0 atom stereocenters. The fourth-order valence-corrected chi connectivity index (χ4v) is 2.27. The van der Waals surface area contributed by atoms with Crippen molar-refractivity contribution in [2.24, 2.45) is 0 Å². The quantitative estimate of drug-likeness (QED) is 0.879. The number of aromatic amines is 1. The molecule has 0 aliphatic carbocycles. The van der Waals surface area contributed by atoms with Gasteiger partial charge in [0.05, 0.1) is 5.56 Å². The number of hydrogen-bond donors (Lipinski definition) is 1. The average Bonchev–Trinajstić information content (AvgIpc) is 2.37. The van der Waals surface area contributed by atoms with Crippen molar-refractivity contribution >= 4 is 15.9 Å².